The first-order valence-corrected chi connectivity index (χ1v) is 7.06. The molecule has 3 aromatic heterocycles. The number of rotatable bonds is 5. The van der Waals surface area contributed by atoms with E-state index in [4.69, 9.17) is 4.74 Å². The fraction of sp³-hybridized carbons (Fsp3) is 0.188. The molecular formula is C16H16N4O2. The second-order valence-electron chi connectivity index (χ2n) is 4.64. The molecule has 3 heterocycles. The fourth-order valence-electron chi connectivity index (χ4n) is 2.24. The maximum Gasteiger partial charge on any atom is 0.325 e. The first kappa shape index (κ1) is 14.1. The van der Waals surface area contributed by atoms with E-state index >= 15 is 0 Å². The number of ether oxygens (including phenoxy) is 1. The summed E-state index contributed by atoms with van der Waals surface area (Å²) in [6.07, 6.45) is 5.36. The van der Waals surface area contributed by atoms with E-state index < -0.39 is 0 Å². The minimum Gasteiger partial charge on any atom is -0.465 e. The van der Waals surface area contributed by atoms with Gasteiger partial charge in [0.05, 0.1) is 6.61 Å². The van der Waals surface area contributed by atoms with Crippen molar-refractivity contribution in [3.05, 3.63) is 48.9 Å². The average molecular weight is 296 g/mol. The van der Waals surface area contributed by atoms with Crippen molar-refractivity contribution in [3.63, 3.8) is 0 Å². The Morgan fingerprint density at radius 3 is 3.00 bits per heavy atom. The number of nitrogens with one attached hydrogen (secondary N) is 1. The molecule has 0 radical (unpaired) electrons. The van der Waals surface area contributed by atoms with Crippen LogP contribution in [0.4, 0.5) is 5.82 Å². The molecule has 0 aliphatic heterocycles. The molecule has 1 N–H and O–H groups in total. The van der Waals surface area contributed by atoms with E-state index in [9.17, 15) is 4.79 Å². The smallest absolute Gasteiger partial charge is 0.325 e. The van der Waals surface area contributed by atoms with E-state index in [1.54, 1.807) is 19.3 Å². The molecule has 0 spiro atoms. The highest BCUT2D eigenvalue weighted by Crippen LogP contribution is 2.27. The van der Waals surface area contributed by atoms with Gasteiger partial charge < -0.3 is 10.1 Å². The molecule has 0 unspecified atom stereocenters. The molecule has 0 atom stereocenters. The lowest BCUT2D eigenvalue weighted by atomic mass is 10.2. The minimum absolute atomic E-state index is 0.0871. The lowest BCUT2D eigenvalue weighted by Gasteiger charge is -2.08. The van der Waals surface area contributed by atoms with Crippen LogP contribution in [0.1, 0.15) is 6.92 Å². The van der Waals surface area contributed by atoms with Crippen LogP contribution in [0.25, 0.3) is 16.9 Å². The van der Waals surface area contributed by atoms with E-state index in [1.165, 1.54) is 0 Å². The fourth-order valence-corrected chi connectivity index (χ4v) is 2.24. The largest absolute Gasteiger partial charge is 0.465 e. The molecule has 6 nitrogen and oxygen atoms in total. The molecule has 0 fully saturated rings. The van der Waals surface area contributed by atoms with Crippen LogP contribution in [-0.4, -0.2) is 33.5 Å². The van der Waals surface area contributed by atoms with Gasteiger partial charge >= 0.3 is 5.97 Å². The molecule has 22 heavy (non-hydrogen) atoms. The Morgan fingerprint density at radius 2 is 2.23 bits per heavy atom. The Kier molecular flexibility index (Phi) is 4.00. The zero-order valence-electron chi connectivity index (χ0n) is 12.2. The molecule has 0 aromatic carbocycles. The van der Waals surface area contributed by atoms with Gasteiger partial charge in [-0.2, -0.15) is 0 Å². The van der Waals surface area contributed by atoms with Crippen LogP contribution in [0.15, 0.2) is 48.9 Å². The van der Waals surface area contributed by atoms with Crippen molar-refractivity contribution in [2.75, 3.05) is 18.5 Å². The lowest BCUT2D eigenvalue weighted by Crippen LogP contribution is -2.17. The van der Waals surface area contributed by atoms with Crippen LogP contribution in [0, 0.1) is 0 Å². The number of hydrogen-bond acceptors (Lipinski definition) is 5. The van der Waals surface area contributed by atoms with Gasteiger partial charge in [0.1, 0.15) is 23.7 Å². The van der Waals surface area contributed by atoms with Gasteiger partial charge in [0.2, 0.25) is 0 Å². The highest BCUT2D eigenvalue weighted by atomic mass is 16.5. The number of fused-ring (bicyclic) bond motifs is 1. The van der Waals surface area contributed by atoms with Crippen molar-refractivity contribution < 1.29 is 9.53 Å². The molecule has 0 aliphatic rings. The van der Waals surface area contributed by atoms with E-state index in [2.05, 4.69) is 15.3 Å². The number of hydrogen-bond donors (Lipinski definition) is 1. The Hall–Kier alpha value is -2.89. The van der Waals surface area contributed by atoms with E-state index in [1.807, 2.05) is 40.9 Å². The molecule has 3 rings (SSSR count). The molecule has 6 heteroatoms. The monoisotopic (exact) mass is 296 g/mol. The summed E-state index contributed by atoms with van der Waals surface area (Å²) >= 11 is 0. The molecular weight excluding hydrogens is 280 g/mol. The molecule has 0 bridgehead atoms. The SMILES string of the molecule is CCOC(=O)CNc1c(-c2cccnc2)nc2ccccn12. The van der Waals surface area contributed by atoms with Gasteiger partial charge in [-0.25, -0.2) is 4.98 Å². The summed E-state index contributed by atoms with van der Waals surface area (Å²) in [6, 6.07) is 9.54. The van der Waals surface area contributed by atoms with Crippen molar-refractivity contribution in [1.82, 2.24) is 14.4 Å². The van der Waals surface area contributed by atoms with Gasteiger partial charge in [0, 0.05) is 24.2 Å². The molecule has 3 aromatic rings. The number of carbonyl (C=O) groups excluding carboxylic acids is 1. The molecule has 0 amide bonds. The van der Waals surface area contributed by atoms with Gasteiger partial charge in [-0.15, -0.1) is 0 Å². The predicted molar refractivity (Wildman–Crippen MR) is 83.5 cm³/mol. The lowest BCUT2D eigenvalue weighted by molar-refractivity contribution is -0.140. The van der Waals surface area contributed by atoms with Crippen molar-refractivity contribution in [1.29, 1.82) is 0 Å². The van der Waals surface area contributed by atoms with Crippen LogP contribution in [-0.2, 0) is 9.53 Å². The molecule has 112 valence electrons. The van der Waals surface area contributed by atoms with Gasteiger partial charge in [0.25, 0.3) is 0 Å². The number of carbonyl (C=O) groups is 1. The Balaban J connectivity index is 2.00. The Labute approximate surface area is 127 Å². The first-order chi connectivity index (χ1) is 10.8. The number of imidazole rings is 1. The van der Waals surface area contributed by atoms with Crippen LogP contribution in [0.5, 0.6) is 0 Å². The van der Waals surface area contributed by atoms with Crippen molar-refractivity contribution >= 4 is 17.4 Å². The predicted octanol–water partition coefficient (Wildman–Crippen LogP) is 2.37. The van der Waals surface area contributed by atoms with Crippen LogP contribution >= 0.6 is 0 Å². The van der Waals surface area contributed by atoms with Crippen LogP contribution in [0.3, 0.4) is 0 Å². The average Bonchev–Trinajstić information content (AvgIpc) is 2.93. The van der Waals surface area contributed by atoms with Crippen molar-refractivity contribution in [2.45, 2.75) is 6.92 Å². The highest BCUT2D eigenvalue weighted by molar-refractivity contribution is 5.80. The third-order valence-corrected chi connectivity index (χ3v) is 3.17. The standard InChI is InChI=1S/C16H16N4O2/c1-2-22-14(21)11-18-16-15(12-6-5-8-17-10-12)19-13-7-3-4-9-20(13)16/h3-10,18H,2,11H2,1H3. The minimum atomic E-state index is -0.300. The van der Waals surface area contributed by atoms with E-state index in [-0.39, 0.29) is 12.5 Å². The normalized spacial score (nSPS) is 10.6. The summed E-state index contributed by atoms with van der Waals surface area (Å²) in [6.45, 7) is 2.24. The third-order valence-electron chi connectivity index (χ3n) is 3.17. The second kappa shape index (κ2) is 6.26. The molecule has 0 aliphatic carbocycles. The Morgan fingerprint density at radius 1 is 1.32 bits per heavy atom. The summed E-state index contributed by atoms with van der Waals surface area (Å²) < 4.78 is 6.86. The van der Waals surface area contributed by atoms with Crippen LogP contribution in [0.2, 0.25) is 0 Å². The van der Waals surface area contributed by atoms with Crippen molar-refractivity contribution in [3.8, 4) is 11.3 Å². The number of anilines is 1. The zero-order valence-corrected chi connectivity index (χ0v) is 12.2. The number of pyridine rings is 2. The summed E-state index contributed by atoms with van der Waals surface area (Å²) in [5.41, 5.74) is 2.44. The van der Waals surface area contributed by atoms with Crippen LogP contribution < -0.4 is 5.32 Å². The second-order valence-corrected chi connectivity index (χ2v) is 4.64. The number of aromatic nitrogens is 3. The molecule has 0 saturated carbocycles. The van der Waals surface area contributed by atoms with E-state index in [0.717, 1.165) is 22.7 Å². The highest BCUT2D eigenvalue weighted by Gasteiger charge is 2.14. The van der Waals surface area contributed by atoms with Crippen molar-refractivity contribution in [2.24, 2.45) is 0 Å². The van der Waals surface area contributed by atoms with Gasteiger partial charge in [-0.05, 0) is 31.2 Å². The number of nitrogens with zero attached hydrogens (tertiary/aromatic N) is 3. The first-order valence-electron chi connectivity index (χ1n) is 7.06. The maximum atomic E-state index is 11.6. The summed E-state index contributed by atoms with van der Waals surface area (Å²) in [5, 5.41) is 3.12. The number of esters is 1. The van der Waals surface area contributed by atoms with Gasteiger partial charge in [-0.3, -0.25) is 14.2 Å². The third kappa shape index (κ3) is 2.76. The topological polar surface area (TPSA) is 68.5 Å². The summed E-state index contributed by atoms with van der Waals surface area (Å²) in [7, 11) is 0. The quantitative estimate of drug-likeness (QED) is 0.732. The summed E-state index contributed by atoms with van der Waals surface area (Å²) in [5.74, 6) is 0.446. The van der Waals surface area contributed by atoms with Gasteiger partial charge in [-0.1, -0.05) is 6.07 Å². The Bertz CT molecular complexity index is 783. The molecule has 0 saturated heterocycles. The zero-order chi connectivity index (χ0) is 15.4. The summed E-state index contributed by atoms with van der Waals surface area (Å²) in [4.78, 5) is 20.3. The van der Waals surface area contributed by atoms with Gasteiger partial charge in [0.15, 0.2) is 0 Å². The maximum absolute atomic E-state index is 11.6. The van der Waals surface area contributed by atoms with E-state index in [0.29, 0.717) is 6.61 Å².